The fourth-order valence-corrected chi connectivity index (χ4v) is 4.08. The van der Waals surface area contributed by atoms with Gasteiger partial charge in [0, 0.05) is 38.8 Å². The van der Waals surface area contributed by atoms with Gasteiger partial charge in [-0.1, -0.05) is 30.3 Å². The van der Waals surface area contributed by atoms with Crippen LogP contribution >= 0.6 is 0 Å². The number of nitrogens with zero attached hydrogens (tertiary/aromatic N) is 2. The summed E-state index contributed by atoms with van der Waals surface area (Å²) < 4.78 is 31.4. The van der Waals surface area contributed by atoms with E-state index in [2.05, 4.69) is 10.2 Å². The van der Waals surface area contributed by atoms with Crippen molar-refractivity contribution in [2.24, 2.45) is 0 Å². The van der Waals surface area contributed by atoms with Gasteiger partial charge in [-0.3, -0.25) is 9.10 Å². The van der Waals surface area contributed by atoms with Gasteiger partial charge in [-0.05, 0) is 24.3 Å². The maximum Gasteiger partial charge on any atom is 0.261 e. The van der Waals surface area contributed by atoms with Crippen LogP contribution in [0.2, 0.25) is 0 Å². The normalized spacial score (nSPS) is 16.5. The first-order valence-corrected chi connectivity index (χ1v) is 11.0. The minimum atomic E-state index is -3.46. The lowest BCUT2D eigenvalue weighted by Crippen LogP contribution is -2.42. The fraction of sp³-hybridized carbons (Fsp3) is 0.350. The first-order chi connectivity index (χ1) is 13.4. The summed E-state index contributed by atoms with van der Waals surface area (Å²) in [4.78, 5) is 14.7. The summed E-state index contributed by atoms with van der Waals surface area (Å²) in [5.41, 5.74) is 1.53. The first kappa shape index (κ1) is 20.0. The van der Waals surface area contributed by atoms with Crippen molar-refractivity contribution in [1.29, 1.82) is 0 Å². The predicted octanol–water partition coefficient (Wildman–Crippen LogP) is 1.86. The van der Waals surface area contributed by atoms with Gasteiger partial charge in [0.05, 0.1) is 11.9 Å². The van der Waals surface area contributed by atoms with Gasteiger partial charge >= 0.3 is 0 Å². The van der Waals surface area contributed by atoms with Crippen LogP contribution < -0.4 is 19.3 Å². The summed E-state index contributed by atoms with van der Waals surface area (Å²) in [5, 5.41) is 2.89. The maximum absolute atomic E-state index is 12.6. The zero-order chi connectivity index (χ0) is 20.1. The Morgan fingerprint density at radius 1 is 1.18 bits per heavy atom. The number of hydrogen-bond acceptors (Lipinski definition) is 5. The molecule has 1 aliphatic rings. The van der Waals surface area contributed by atoms with Crippen LogP contribution in [0.1, 0.15) is 6.42 Å². The number of carbonyl (C=O) groups is 1. The average Bonchev–Trinajstić information content (AvgIpc) is 2.88. The lowest BCUT2D eigenvalue weighted by Gasteiger charge is -2.21. The second kappa shape index (κ2) is 8.52. The molecule has 28 heavy (non-hydrogen) atoms. The Hall–Kier alpha value is -2.74. The Balaban J connectivity index is 1.62. The van der Waals surface area contributed by atoms with Gasteiger partial charge in [-0.25, -0.2) is 8.42 Å². The Bertz CT molecular complexity index is 918. The standard InChI is InChI=1S/C20H25N3O4S/c1-22(16-8-4-3-5-9-16)15-13-21-20(24)19-12-14-23(28(2,25)26)17-10-6-7-11-18(17)27-19/h3-11,19H,12-15H2,1-2H3,(H,21,24)/t19-/m0/s1. The predicted molar refractivity (Wildman–Crippen MR) is 110 cm³/mol. The Labute approximate surface area is 166 Å². The molecule has 0 aromatic heterocycles. The summed E-state index contributed by atoms with van der Waals surface area (Å²) in [6, 6.07) is 16.8. The van der Waals surface area contributed by atoms with Crippen molar-refractivity contribution in [3.63, 3.8) is 0 Å². The quantitative estimate of drug-likeness (QED) is 0.797. The molecule has 1 atom stereocenters. The fourth-order valence-electron chi connectivity index (χ4n) is 3.13. The van der Waals surface area contributed by atoms with Gasteiger partial charge in [0.15, 0.2) is 6.10 Å². The molecule has 150 valence electrons. The van der Waals surface area contributed by atoms with Gasteiger partial charge in [-0.15, -0.1) is 0 Å². The lowest BCUT2D eigenvalue weighted by atomic mass is 10.2. The van der Waals surface area contributed by atoms with Crippen molar-refractivity contribution in [2.75, 3.05) is 42.1 Å². The largest absolute Gasteiger partial charge is 0.478 e. The molecular formula is C20H25N3O4S. The van der Waals surface area contributed by atoms with E-state index in [-0.39, 0.29) is 18.9 Å². The highest BCUT2D eigenvalue weighted by Crippen LogP contribution is 2.33. The highest BCUT2D eigenvalue weighted by molar-refractivity contribution is 7.92. The number of ether oxygens (including phenoxy) is 1. The summed E-state index contributed by atoms with van der Waals surface area (Å²) in [6.45, 7) is 1.30. The SMILES string of the molecule is CN(CCNC(=O)[C@@H]1CCN(S(C)(=O)=O)c2ccccc2O1)c1ccccc1. The second-order valence-electron chi connectivity index (χ2n) is 6.75. The van der Waals surface area contributed by atoms with Crippen LogP contribution in [0.25, 0.3) is 0 Å². The van der Waals surface area contributed by atoms with Crippen molar-refractivity contribution >= 4 is 27.3 Å². The van der Waals surface area contributed by atoms with Crippen LogP contribution in [-0.2, 0) is 14.8 Å². The van der Waals surface area contributed by atoms with Crippen molar-refractivity contribution in [2.45, 2.75) is 12.5 Å². The maximum atomic E-state index is 12.6. The van der Waals surface area contributed by atoms with Gasteiger partial charge in [0.2, 0.25) is 10.0 Å². The van der Waals surface area contributed by atoms with E-state index in [9.17, 15) is 13.2 Å². The number of fused-ring (bicyclic) bond motifs is 1. The number of benzene rings is 2. The summed E-state index contributed by atoms with van der Waals surface area (Å²) >= 11 is 0. The van der Waals surface area contributed by atoms with Crippen LogP contribution in [0.5, 0.6) is 5.75 Å². The summed E-state index contributed by atoms with van der Waals surface area (Å²) in [7, 11) is -1.49. The van der Waals surface area contributed by atoms with Crippen LogP contribution in [-0.4, -0.2) is 53.4 Å². The third-order valence-corrected chi connectivity index (χ3v) is 5.81. The zero-order valence-corrected chi connectivity index (χ0v) is 16.9. The van der Waals surface area contributed by atoms with E-state index in [0.29, 0.717) is 24.5 Å². The molecule has 7 nitrogen and oxygen atoms in total. The van der Waals surface area contributed by atoms with E-state index in [4.69, 9.17) is 4.74 Å². The molecule has 2 aromatic carbocycles. The van der Waals surface area contributed by atoms with Gasteiger partial charge in [0.25, 0.3) is 5.91 Å². The van der Waals surface area contributed by atoms with Gasteiger partial charge in [0.1, 0.15) is 5.75 Å². The first-order valence-electron chi connectivity index (χ1n) is 9.13. The van der Waals surface area contributed by atoms with E-state index in [0.717, 1.165) is 11.9 Å². The molecule has 8 heteroatoms. The third kappa shape index (κ3) is 4.75. The summed E-state index contributed by atoms with van der Waals surface area (Å²) in [5.74, 6) is 0.151. The Kier molecular flexibility index (Phi) is 6.08. The minimum absolute atomic E-state index is 0.192. The molecule has 0 saturated carbocycles. The van der Waals surface area contributed by atoms with Crippen LogP contribution in [0.4, 0.5) is 11.4 Å². The van der Waals surface area contributed by atoms with E-state index in [1.165, 1.54) is 4.31 Å². The number of hydrogen-bond donors (Lipinski definition) is 1. The van der Waals surface area contributed by atoms with E-state index in [1.54, 1.807) is 24.3 Å². The van der Waals surface area contributed by atoms with Crippen LogP contribution in [0.15, 0.2) is 54.6 Å². The molecular weight excluding hydrogens is 378 g/mol. The molecule has 3 rings (SSSR count). The molecule has 0 saturated heterocycles. The average molecular weight is 404 g/mol. The van der Waals surface area contributed by atoms with Gasteiger partial charge < -0.3 is 15.0 Å². The number of nitrogens with one attached hydrogen (secondary N) is 1. The lowest BCUT2D eigenvalue weighted by molar-refractivity contribution is -0.127. The molecule has 0 bridgehead atoms. The number of carbonyl (C=O) groups excluding carboxylic acids is 1. The third-order valence-electron chi connectivity index (χ3n) is 4.63. The number of para-hydroxylation sites is 3. The van der Waals surface area contributed by atoms with E-state index >= 15 is 0 Å². The molecule has 2 aromatic rings. The second-order valence-corrected chi connectivity index (χ2v) is 8.65. The molecule has 1 heterocycles. The number of anilines is 2. The number of sulfonamides is 1. The Morgan fingerprint density at radius 3 is 2.57 bits per heavy atom. The minimum Gasteiger partial charge on any atom is -0.478 e. The Morgan fingerprint density at radius 2 is 1.86 bits per heavy atom. The number of amides is 1. The van der Waals surface area contributed by atoms with Gasteiger partial charge in [-0.2, -0.15) is 0 Å². The van der Waals surface area contributed by atoms with Crippen molar-refractivity contribution in [3.8, 4) is 5.75 Å². The highest BCUT2D eigenvalue weighted by atomic mass is 32.2. The molecule has 0 radical (unpaired) electrons. The summed E-state index contributed by atoms with van der Waals surface area (Å²) in [6.07, 6.45) is 0.695. The van der Waals surface area contributed by atoms with Crippen LogP contribution in [0, 0.1) is 0 Å². The zero-order valence-electron chi connectivity index (χ0n) is 16.0. The number of rotatable bonds is 6. The topological polar surface area (TPSA) is 79.0 Å². The smallest absolute Gasteiger partial charge is 0.261 e. The molecule has 0 unspecified atom stereocenters. The van der Waals surface area contributed by atoms with E-state index in [1.807, 2.05) is 37.4 Å². The highest BCUT2D eigenvalue weighted by Gasteiger charge is 2.30. The molecule has 0 spiro atoms. The monoisotopic (exact) mass is 403 g/mol. The molecule has 1 aliphatic heterocycles. The van der Waals surface area contributed by atoms with E-state index < -0.39 is 16.1 Å². The van der Waals surface area contributed by atoms with Crippen LogP contribution in [0.3, 0.4) is 0 Å². The number of likely N-dealkylation sites (N-methyl/N-ethyl adjacent to an activating group) is 1. The van der Waals surface area contributed by atoms with Crippen molar-refractivity contribution < 1.29 is 17.9 Å². The van der Waals surface area contributed by atoms with Crippen molar-refractivity contribution in [3.05, 3.63) is 54.6 Å². The molecule has 0 fully saturated rings. The molecule has 1 amide bonds. The van der Waals surface area contributed by atoms with Crippen molar-refractivity contribution in [1.82, 2.24) is 5.32 Å². The molecule has 0 aliphatic carbocycles. The molecule has 1 N–H and O–H groups in total.